The zero-order valence-electron chi connectivity index (χ0n) is 18.4. The summed E-state index contributed by atoms with van der Waals surface area (Å²) in [6.45, 7) is 3.65. The van der Waals surface area contributed by atoms with Gasteiger partial charge in [-0.1, -0.05) is 6.07 Å². The summed E-state index contributed by atoms with van der Waals surface area (Å²) in [7, 11) is 4.78. The molecule has 2 aromatic rings. The number of rotatable bonds is 7. The molecule has 0 bridgehead atoms. The fourth-order valence-electron chi connectivity index (χ4n) is 3.38. The van der Waals surface area contributed by atoms with Crippen LogP contribution in [0.1, 0.15) is 36.8 Å². The minimum atomic E-state index is -0.365. The average Bonchev–Trinajstić information content (AvgIpc) is 3.42. The van der Waals surface area contributed by atoms with Gasteiger partial charge in [0, 0.05) is 25.1 Å². The second-order valence-electron chi connectivity index (χ2n) is 7.55. The van der Waals surface area contributed by atoms with Crippen LogP contribution in [0, 0.1) is 0 Å². The fraction of sp³-hybridized carbons (Fsp3) is 0.409. The second kappa shape index (κ2) is 9.82. The van der Waals surface area contributed by atoms with Crippen LogP contribution >= 0.6 is 11.3 Å². The standard InChI is InChI=1S/C22H28N4O4S/c1-14(2)23-22(28)25(3)13-21(27)26-18(12-17(24-26)20-7-6-10-31-20)16-11-15(29-4)8-9-19(16)30-5/h6-11,14,18H,12-13H2,1-5H3,(H,23,28)/t18-/m0/s1. The van der Waals surface area contributed by atoms with Crippen LogP contribution in [0.15, 0.2) is 40.8 Å². The van der Waals surface area contributed by atoms with E-state index in [9.17, 15) is 9.59 Å². The fourth-order valence-corrected chi connectivity index (χ4v) is 4.10. The van der Waals surface area contributed by atoms with Crippen LogP contribution in [0.3, 0.4) is 0 Å². The van der Waals surface area contributed by atoms with Crippen molar-refractivity contribution < 1.29 is 19.1 Å². The maximum Gasteiger partial charge on any atom is 0.317 e. The number of hydrogen-bond donors (Lipinski definition) is 1. The summed E-state index contributed by atoms with van der Waals surface area (Å²) in [6, 6.07) is 8.76. The number of benzene rings is 1. The lowest BCUT2D eigenvalue weighted by Crippen LogP contribution is -2.45. The lowest BCUT2D eigenvalue weighted by Gasteiger charge is -2.26. The van der Waals surface area contributed by atoms with Crippen molar-refractivity contribution in [3.63, 3.8) is 0 Å². The number of nitrogens with one attached hydrogen (secondary N) is 1. The largest absolute Gasteiger partial charge is 0.497 e. The lowest BCUT2D eigenvalue weighted by molar-refractivity contribution is -0.133. The molecule has 0 saturated heterocycles. The van der Waals surface area contributed by atoms with Gasteiger partial charge in [-0.3, -0.25) is 4.79 Å². The first-order chi connectivity index (χ1) is 14.8. The predicted octanol–water partition coefficient (Wildman–Crippen LogP) is 3.49. The summed E-state index contributed by atoms with van der Waals surface area (Å²) >= 11 is 1.58. The molecule has 9 heteroatoms. The van der Waals surface area contributed by atoms with Crippen LogP contribution in [0.5, 0.6) is 11.5 Å². The summed E-state index contributed by atoms with van der Waals surface area (Å²) in [5.74, 6) is 1.04. The number of thiophene rings is 1. The smallest absolute Gasteiger partial charge is 0.317 e. The van der Waals surface area contributed by atoms with Gasteiger partial charge in [0.1, 0.15) is 18.0 Å². The molecule has 0 fully saturated rings. The second-order valence-corrected chi connectivity index (χ2v) is 8.50. The quantitative estimate of drug-likeness (QED) is 0.709. The van der Waals surface area contributed by atoms with E-state index in [1.165, 1.54) is 9.91 Å². The third kappa shape index (κ3) is 5.16. The van der Waals surface area contributed by atoms with Crippen LogP contribution < -0.4 is 14.8 Å². The minimum absolute atomic E-state index is 0.0194. The van der Waals surface area contributed by atoms with Gasteiger partial charge in [-0.25, -0.2) is 9.80 Å². The van der Waals surface area contributed by atoms with E-state index in [1.807, 2.05) is 49.6 Å². The molecule has 3 rings (SSSR count). The van der Waals surface area contributed by atoms with Gasteiger partial charge in [-0.15, -0.1) is 11.3 Å². The lowest BCUT2D eigenvalue weighted by atomic mass is 9.99. The number of methoxy groups -OCH3 is 2. The molecular formula is C22H28N4O4S. The number of carbonyl (C=O) groups excluding carboxylic acids is 2. The molecule has 1 aliphatic heterocycles. The molecule has 3 amide bonds. The summed E-state index contributed by atoms with van der Waals surface area (Å²) in [6.07, 6.45) is 0.539. The van der Waals surface area contributed by atoms with Crippen LogP contribution in [0.4, 0.5) is 4.79 Å². The van der Waals surface area contributed by atoms with E-state index in [-0.39, 0.29) is 30.6 Å². The first-order valence-corrected chi connectivity index (χ1v) is 10.9. The highest BCUT2D eigenvalue weighted by molar-refractivity contribution is 7.12. The number of hydrogen-bond acceptors (Lipinski definition) is 6. The van der Waals surface area contributed by atoms with E-state index in [1.54, 1.807) is 32.6 Å². The van der Waals surface area contributed by atoms with Crippen molar-refractivity contribution in [2.75, 3.05) is 27.8 Å². The van der Waals surface area contributed by atoms with Gasteiger partial charge in [0.05, 0.1) is 30.9 Å². The molecule has 1 N–H and O–H groups in total. The van der Waals surface area contributed by atoms with E-state index in [2.05, 4.69) is 10.4 Å². The summed E-state index contributed by atoms with van der Waals surface area (Å²) in [4.78, 5) is 27.9. The summed E-state index contributed by atoms with van der Waals surface area (Å²) < 4.78 is 10.9. The van der Waals surface area contributed by atoms with E-state index >= 15 is 0 Å². The summed E-state index contributed by atoms with van der Waals surface area (Å²) in [5, 5.41) is 10.9. The topological polar surface area (TPSA) is 83.5 Å². The molecule has 1 aromatic carbocycles. The van der Waals surface area contributed by atoms with Gasteiger partial charge >= 0.3 is 6.03 Å². The molecule has 0 spiro atoms. The Balaban J connectivity index is 1.91. The van der Waals surface area contributed by atoms with Crippen molar-refractivity contribution in [1.82, 2.24) is 15.2 Å². The number of hydrazone groups is 1. The van der Waals surface area contributed by atoms with Crippen molar-refractivity contribution >= 4 is 29.0 Å². The number of likely N-dealkylation sites (N-methyl/N-ethyl adjacent to an activating group) is 1. The van der Waals surface area contributed by atoms with Gasteiger partial charge in [0.2, 0.25) is 0 Å². The maximum atomic E-state index is 13.2. The third-order valence-electron chi connectivity index (χ3n) is 4.90. The van der Waals surface area contributed by atoms with Crippen molar-refractivity contribution in [2.45, 2.75) is 32.4 Å². The number of carbonyl (C=O) groups is 2. The SMILES string of the molecule is COc1ccc(OC)c([C@@H]2CC(c3cccs3)=NN2C(=O)CN(C)C(=O)NC(C)C)c1. The van der Waals surface area contributed by atoms with E-state index in [4.69, 9.17) is 9.47 Å². The molecule has 1 atom stereocenters. The van der Waals surface area contributed by atoms with E-state index in [0.29, 0.717) is 17.9 Å². The maximum absolute atomic E-state index is 13.2. The highest BCUT2D eigenvalue weighted by Gasteiger charge is 2.36. The minimum Gasteiger partial charge on any atom is -0.497 e. The molecule has 0 saturated carbocycles. The third-order valence-corrected chi connectivity index (χ3v) is 5.82. The number of nitrogens with zero attached hydrogens (tertiary/aromatic N) is 3. The Morgan fingerprint density at radius 2 is 2.06 bits per heavy atom. The Hall–Kier alpha value is -3.07. The Kier molecular flexibility index (Phi) is 7.17. The Bertz CT molecular complexity index is 958. The molecule has 0 aliphatic carbocycles. The van der Waals surface area contributed by atoms with E-state index < -0.39 is 0 Å². The molecule has 166 valence electrons. The van der Waals surface area contributed by atoms with Crippen molar-refractivity contribution in [2.24, 2.45) is 5.10 Å². The molecule has 31 heavy (non-hydrogen) atoms. The monoisotopic (exact) mass is 444 g/mol. The van der Waals surface area contributed by atoms with Crippen molar-refractivity contribution in [1.29, 1.82) is 0 Å². The van der Waals surface area contributed by atoms with Crippen LogP contribution in [-0.4, -0.2) is 61.4 Å². The van der Waals surface area contributed by atoms with Gasteiger partial charge in [0.25, 0.3) is 5.91 Å². The van der Waals surface area contributed by atoms with Gasteiger partial charge in [-0.05, 0) is 43.5 Å². The highest BCUT2D eigenvalue weighted by atomic mass is 32.1. The highest BCUT2D eigenvalue weighted by Crippen LogP contribution is 2.39. The molecular weight excluding hydrogens is 416 g/mol. The van der Waals surface area contributed by atoms with Crippen molar-refractivity contribution in [3.05, 3.63) is 46.2 Å². The van der Waals surface area contributed by atoms with Gasteiger partial charge in [-0.2, -0.15) is 5.10 Å². The molecule has 8 nitrogen and oxygen atoms in total. The van der Waals surface area contributed by atoms with Crippen molar-refractivity contribution in [3.8, 4) is 11.5 Å². The molecule has 2 heterocycles. The number of ether oxygens (including phenoxy) is 2. The molecule has 0 unspecified atom stereocenters. The first-order valence-electron chi connectivity index (χ1n) is 10.0. The normalized spacial score (nSPS) is 15.6. The van der Waals surface area contributed by atoms with Crippen LogP contribution in [0.2, 0.25) is 0 Å². The Labute approximate surface area is 186 Å². The first kappa shape index (κ1) is 22.6. The Morgan fingerprint density at radius 1 is 1.29 bits per heavy atom. The predicted molar refractivity (Wildman–Crippen MR) is 121 cm³/mol. The average molecular weight is 445 g/mol. The Morgan fingerprint density at radius 3 is 2.68 bits per heavy atom. The number of urea groups is 1. The number of amides is 3. The van der Waals surface area contributed by atoms with Gasteiger partial charge < -0.3 is 19.7 Å². The summed E-state index contributed by atoms with van der Waals surface area (Å²) in [5.41, 5.74) is 1.63. The molecule has 1 aliphatic rings. The van der Waals surface area contributed by atoms with Crippen LogP contribution in [0.25, 0.3) is 0 Å². The zero-order valence-corrected chi connectivity index (χ0v) is 19.2. The van der Waals surface area contributed by atoms with E-state index in [0.717, 1.165) is 16.2 Å². The van der Waals surface area contributed by atoms with Crippen LogP contribution in [-0.2, 0) is 4.79 Å². The zero-order chi connectivity index (χ0) is 22.5. The van der Waals surface area contributed by atoms with Gasteiger partial charge in [0.15, 0.2) is 0 Å². The molecule has 1 aromatic heterocycles. The molecule has 0 radical (unpaired) electrons.